The third kappa shape index (κ3) is 3.55. The van der Waals surface area contributed by atoms with Gasteiger partial charge in [-0.3, -0.25) is 0 Å². The van der Waals surface area contributed by atoms with Crippen LogP contribution in [0.4, 0.5) is 4.39 Å². The summed E-state index contributed by atoms with van der Waals surface area (Å²) in [5.74, 6) is 0.807. The molecule has 2 unspecified atom stereocenters. The molecule has 0 radical (unpaired) electrons. The Balaban J connectivity index is 4.05. The zero-order valence-electron chi connectivity index (χ0n) is 9.32. The zero-order valence-corrected chi connectivity index (χ0v) is 9.32. The van der Waals surface area contributed by atoms with Gasteiger partial charge in [0.2, 0.25) is 0 Å². The molecule has 0 fully saturated rings. The second-order valence-corrected chi connectivity index (χ2v) is 5.00. The van der Waals surface area contributed by atoms with Crippen LogP contribution in [0.1, 0.15) is 48.0 Å². The minimum absolute atomic E-state index is 0.183. The van der Waals surface area contributed by atoms with Crippen molar-refractivity contribution in [1.82, 2.24) is 0 Å². The number of hydrogen-bond donors (Lipinski definition) is 0. The second kappa shape index (κ2) is 4.25. The molecule has 0 spiro atoms. The maximum Gasteiger partial charge on any atom is 0.0999 e. The number of halogens is 1. The second-order valence-electron chi connectivity index (χ2n) is 5.00. The van der Waals surface area contributed by atoms with Crippen molar-refractivity contribution in [3.05, 3.63) is 0 Å². The predicted octanol–water partition coefficient (Wildman–Crippen LogP) is 4.05. The first-order chi connectivity index (χ1) is 5.27. The normalized spacial score (nSPS) is 18.0. The highest BCUT2D eigenvalue weighted by atomic mass is 19.1. The summed E-state index contributed by atoms with van der Waals surface area (Å²) in [5.41, 5.74) is 0.264. The highest BCUT2D eigenvalue weighted by Gasteiger charge is 2.26. The van der Waals surface area contributed by atoms with Crippen LogP contribution in [0.15, 0.2) is 0 Å². The fourth-order valence-corrected chi connectivity index (χ4v) is 1.23. The van der Waals surface area contributed by atoms with E-state index in [2.05, 4.69) is 27.7 Å². The molecule has 0 rings (SSSR count). The topological polar surface area (TPSA) is 0 Å². The van der Waals surface area contributed by atoms with Crippen LogP contribution in [-0.2, 0) is 0 Å². The molecule has 0 aliphatic heterocycles. The third-order valence-corrected chi connectivity index (χ3v) is 3.20. The van der Waals surface area contributed by atoms with Gasteiger partial charge in [-0.1, -0.05) is 34.6 Å². The summed E-state index contributed by atoms with van der Waals surface area (Å²) in [4.78, 5) is 0. The summed E-state index contributed by atoms with van der Waals surface area (Å²) >= 11 is 0. The molecule has 12 heavy (non-hydrogen) atoms. The Hall–Kier alpha value is -0.0700. The summed E-state index contributed by atoms with van der Waals surface area (Å²) < 4.78 is 12.9. The maximum absolute atomic E-state index is 12.9. The molecule has 0 N–H and O–H groups in total. The van der Waals surface area contributed by atoms with Crippen LogP contribution in [0.2, 0.25) is 0 Å². The average molecular weight is 174 g/mol. The molecule has 0 nitrogen and oxygen atoms in total. The van der Waals surface area contributed by atoms with Crippen molar-refractivity contribution in [2.24, 2.45) is 17.3 Å². The van der Waals surface area contributed by atoms with E-state index in [1.54, 1.807) is 6.92 Å². The standard InChI is InChI=1S/C11H23F/c1-8(2)11(5,6)7-9(3)10(4)12/h8-10H,7H2,1-6H3. The van der Waals surface area contributed by atoms with E-state index in [9.17, 15) is 4.39 Å². The van der Waals surface area contributed by atoms with E-state index in [-0.39, 0.29) is 11.3 Å². The molecule has 0 amide bonds. The van der Waals surface area contributed by atoms with Crippen LogP contribution in [-0.4, -0.2) is 6.17 Å². The van der Waals surface area contributed by atoms with Crippen LogP contribution in [0, 0.1) is 17.3 Å². The lowest BCUT2D eigenvalue weighted by molar-refractivity contribution is 0.145. The van der Waals surface area contributed by atoms with Crippen LogP contribution < -0.4 is 0 Å². The first-order valence-electron chi connectivity index (χ1n) is 4.91. The van der Waals surface area contributed by atoms with Gasteiger partial charge in [-0.25, -0.2) is 4.39 Å². The Morgan fingerprint density at radius 2 is 1.50 bits per heavy atom. The predicted molar refractivity (Wildman–Crippen MR) is 53.0 cm³/mol. The minimum Gasteiger partial charge on any atom is -0.248 e. The molecule has 0 bridgehead atoms. The molecular weight excluding hydrogens is 151 g/mol. The Kier molecular flexibility index (Phi) is 4.22. The molecule has 0 aromatic carbocycles. The molecule has 0 aromatic rings. The fraction of sp³-hybridized carbons (Fsp3) is 1.00. The molecule has 74 valence electrons. The van der Waals surface area contributed by atoms with Crippen LogP contribution in [0.5, 0.6) is 0 Å². The molecule has 0 aliphatic carbocycles. The van der Waals surface area contributed by atoms with E-state index in [1.165, 1.54) is 0 Å². The lowest BCUT2D eigenvalue weighted by atomic mass is 9.74. The van der Waals surface area contributed by atoms with Gasteiger partial charge in [0, 0.05) is 0 Å². The fourth-order valence-electron chi connectivity index (χ4n) is 1.23. The average Bonchev–Trinajstić information content (AvgIpc) is 1.85. The van der Waals surface area contributed by atoms with E-state index in [0.717, 1.165) is 6.42 Å². The van der Waals surface area contributed by atoms with Crippen molar-refractivity contribution < 1.29 is 4.39 Å². The first kappa shape index (κ1) is 11.9. The SMILES string of the molecule is CC(F)C(C)CC(C)(C)C(C)C. The quantitative estimate of drug-likeness (QED) is 0.603. The smallest absolute Gasteiger partial charge is 0.0999 e. The first-order valence-corrected chi connectivity index (χ1v) is 4.91. The summed E-state index contributed by atoms with van der Waals surface area (Å²) in [5, 5.41) is 0. The third-order valence-electron chi connectivity index (χ3n) is 3.20. The number of hydrogen-bond acceptors (Lipinski definition) is 0. The van der Waals surface area contributed by atoms with Gasteiger partial charge in [-0.05, 0) is 30.6 Å². The van der Waals surface area contributed by atoms with E-state index < -0.39 is 6.17 Å². The van der Waals surface area contributed by atoms with E-state index in [0.29, 0.717) is 5.92 Å². The largest absolute Gasteiger partial charge is 0.248 e. The molecular formula is C11H23F. The molecule has 2 atom stereocenters. The van der Waals surface area contributed by atoms with Crippen LogP contribution in [0.3, 0.4) is 0 Å². The van der Waals surface area contributed by atoms with E-state index in [1.807, 2.05) is 6.92 Å². The van der Waals surface area contributed by atoms with Crippen molar-refractivity contribution in [1.29, 1.82) is 0 Å². The zero-order chi connectivity index (χ0) is 9.94. The highest BCUT2D eigenvalue weighted by Crippen LogP contribution is 2.34. The summed E-state index contributed by atoms with van der Waals surface area (Å²) in [6.45, 7) is 12.5. The Labute approximate surface area is 76.6 Å². The molecule has 0 saturated heterocycles. The van der Waals surface area contributed by atoms with Gasteiger partial charge in [-0.2, -0.15) is 0 Å². The number of rotatable bonds is 4. The van der Waals surface area contributed by atoms with Gasteiger partial charge in [0.15, 0.2) is 0 Å². The van der Waals surface area contributed by atoms with Crippen molar-refractivity contribution in [3.8, 4) is 0 Å². The van der Waals surface area contributed by atoms with Crippen LogP contribution >= 0.6 is 0 Å². The Morgan fingerprint density at radius 3 is 1.75 bits per heavy atom. The van der Waals surface area contributed by atoms with Gasteiger partial charge < -0.3 is 0 Å². The maximum atomic E-state index is 12.9. The van der Waals surface area contributed by atoms with Gasteiger partial charge in [0.1, 0.15) is 0 Å². The highest BCUT2D eigenvalue weighted by molar-refractivity contribution is 4.76. The van der Waals surface area contributed by atoms with Crippen molar-refractivity contribution in [2.45, 2.75) is 54.1 Å². The molecule has 0 saturated carbocycles. The van der Waals surface area contributed by atoms with E-state index in [4.69, 9.17) is 0 Å². The van der Waals surface area contributed by atoms with E-state index >= 15 is 0 Å². The number of alkyl halides is 1. The van der Waals surface area contributed by atoms with Gasteiger partial charge in [0.05, 0.1) is 6.17 Å². The Bertz CT molecular complexity index is 125. The monoisotopic (exact) mass is 174 g/mol. The molecule has 1 heteroatoms. The molecule has 0 aromatic heterocycles. The van der Waals surface area contributed by atoms with Gasteiger partial charge in [0.25, 0.3) is 0 Å². The van der Waals surface area contributed by atoms with Crippen LogP contribution in [0.25, 0.3) is 0 Å². The van der Waals surface area contributed by atoms with Gasteiger partial charge >= 0.3 is 0 Å². The van der Waals surface area contributed by atoms with Crippen molar-refractivity contribution >= 4 is 0 Å². The van der Waals surface area contributed by atoms with Crippen molar-refractivity contribution in [3.63, 3.8) is 0 Å². The lowest BCUT2D eigenvalue weighted by Gasteiger charge is -2.32. The van der Waals surface area contributed by atoms with Gasteiger partial charge in [-0.15, -0.1) is 0 Å². The Morgan fingerprint density at radius 1 is 1.08 bits per heavy atom. The lowest BCUT2D eigenvalue weighted by Crippen LogP contribution is -2.25. The summed E-state index contributed by atoms with van der Waals surface area (Å²) in [6.07, 6.45) is 0.297. The minimum atomic E-state index is -0.678. The summed E-state index contributed by atoms with van der Waals surface area (Å²) in [6, 6.07) is 0. The molecule has 0 aliphatic rings. The molecule has 0 heterocycles. The van der Waals surface area contributed by atoms with Crippen molar-refractivity contribution in [2.75, 3.05) is 0 Å². The summed E-state index contributed by atoms with van der Waals surface area (Å²) in [7, 11) is 0.